The number of benzene rings is 1. The molecule has 30 heavy (non-hydrogen) atoms. The Morgan fingerprint density at radius 3 is 2.13 bits per heavy atom. The maximum atomic E-state index is 5.84. The van der Waals surface area contributed by atoms with Gasteiger partial charge in [-0.15, -0.1) is 0 Å². The quantitative estimate of drug-likeness (QED) is 0.338. The number of hydrogen-bond donors (Lipinski definition) is 0. The zero-order valence-corrected chi connectivity index (χ0v) is 19.1. The van der Waals surface area contributed by atoms with E-state index in [4.69, 9.17) is 4.74 Å². The number of unbranched alkanes of at least 4 members (excludes halogenated alkanes) is 3. The molecule has 1 aromatic carbocycles. The lowest BCUT2D eigenvalue weighted by molar-refractivity contribution is 0.252. The van der Waals surface area contributed by atoms with Crippen LogP contribution in [-0.2, 0) is 6.42 Å². The monoisotopic (exact) mass is 408 g/mol. The van der Waals surface area contributed by atoms with E-state index in [-0.39, 0.29) is 0 Å². The van der Waals surface area contributed by atoms with E-state index in [1.54, 1.807) is 0 Å². The molecule has 0 spiro atoms. The number of ether oxygens (including phenoxy) is 1. The van der Waals surface area contributed by atoms with Crippen molar-refractivity contribution < 1.29 is 4.74 Å². The second-order valence-corrected chi connectivity index (χ2v) is 9.06. The summed E-state index contributed by atoms with van der Waals surface area (Å²) in [4.78, 5) is 0. The van der Waals surface area contributed by atoms with Crippen molar-refractivity contribution in [2.45, 2.75) is 90.9 Å². The van der Waals surface area contributed by atoms with Gasteiger partial charge in [0.1, 0.15) is 5.75 Å². The van der Waals surface area contributed by atoms with Crippen LogP contribution in [0.15, 0.2) is 36.4 Å². The van der Waals surface area contributed by atoms with E-state index >= 15 is 0 Å². The van der Waals surface area contributed by atoms with E-state index < -0.39 is 0 Å². The highest BCUT2D eigenvalue weighted by Crippen LogP contribution is 2.33. The third kappa shape index (κ3) is 7.41. The third-order valence-electron chi connectivity index (χ3n) is 6.61. The average molecular weight is 409 g/mol. The Morgan fingerprint density at radius 1 is 0.767 bits per heavy atom. The summed E-state index contributed by atoms with van der Waals surface area (Å²) in [6.45, 7) is 5.34. The molecule has 1 fully saturated rings. The second-order valence-electron chi connectivity index (χ2n) is 9.06. The summed E-state index contributed by atoms with van der Waals surface area (Å²) in [6, 6.07) is 12.5. The second kappa shape index (κ2) is 12.7. The van der Waals surface area contributed by atoms with Crippen LogP contribution in [0.5, 0.6) is 5.75 Å². The van der Waals surface area contributed by atoms with Crippen molar-refractivity contribution >= 4 is 0 Å². The summed E-state index contributed by atoms with van der Waals surface area (Å²) in [5, 5.41) is 8.99. The van der Waals surface area contributed by atoms with E-state index in [2.05, 4.69) is 48.3 Å². The van der Waals surface area contributed by atoms with Gasteiger partial charge < -0.3 is 4.74 Å². The van der Waals surface area contributed by atoms with Crippen LogP contribution in [0.25, 0.3) is 11.3 Å². The molecule has 0 saturated heterocycles. The molecule has 1 aliphatic carbocycles. The molecule has 1 aliphatic rings. The van der Waals surface area contributed by atoms with Crippen LogP contribution in [0, 0.1) is 11.8 Å². The Morgan fingerprint density at radius 2 is 1.50 bits per heavy atom. The summed E-state index contributed by atoms with van der Waals surface area (Å²) >= 11 is 0. The predicted octanol–water partition coefficient (Wildman–Crippen LogP) is 7.64. The first-order valence-corrected chi connectivity index (χ1v) is 12.3. The van der Waals surface area contributed by atoms with E-state index in [9.17, 15) is 0 Å². The minimum absolute atomic E-state index is 0.800. The van der Waals surface area contributed by atoms with Crippen LogP contribution in [0.1, 0.15) is 90.2 Å². The minimum Gasteiger partial charge on any atom is -0.494 e. The summed E-state index contributed by atoms with van der Waals surface area (Å²) in [7, 11) is 0. The van der Waals surface area contributed by atoms with Gasteiger partial charge in [-0.05, 0) is 67.5 Å². The van der Waals surface area contributed by atoms with Gasteiger partial charge in [-0.1, -0.05) is 71.6 Å². The maximum Gasteiger partial charge on any atom is 0.119 e. The molecule has 0 N–H and O–H groups in total. The van der Waals surface area contributed by atoms with Gasteiger partial charge in [0, 0.05) is 5.56 Å². The lowest BCUT2D eigenvalue weighted by Crippen LogP contribution is -2.15. The van der Waals surface area contributed by atoms with Crippen molar-refractivity contribution in [3.63, 3.8) is 0 Å². The lowest BCUT2D eigenvalue weighted by Gasteiger charge is -2.28. The van der Waals surface area contributed by atoms with Gasteiger partial charge in [-0.2, -0.15) is 10.2 Å². The number of hydrogen-bond acceptors (Lipinski definition) is 3. The number of aromatic nitrogens is 2. The van der Waals surface area contributed by atoms with Gasteiger partial charge in [0.25, 0.3) is 0 Å². The van der Waals surface area contributed by atoms with E-state index in [1.165, 1.54) is 64.2 Å². The fourth-order valence-electron chi connectivity index (χ4n) is 4.66. The summed E-state index contributed by atoms with van der Waals surface area (Å²) in [5.74, 6) is 2.81. The first-order valence-electron chi connectivity index (χ1n) is 12.3. The summed E-state index contributed by atoms with van der Waals surface area (Å²) < 4.78 is 5.84. The normalized spacial score (nSPS) is 19.0. The molecule has 3 nitrogen and oxygen atoms in total. The largest absolute Gasteiger partial charge is 0.494 e. The first kappa shape index (κ1) is 22.8. The Kier molecular flexibility index (Phi) is 9.66. The summed E-state index contributed by atoms with van der Waals surface area (Å²) in [6.07, 6.45) is 15.7. The minimum atomic E-state index is 0.800. The predicted molar refractivity (Wildman–Crippen MR) is 126 cm³/mol. The molecule has 1 saturated carbocycles. The van der Waals surface area contributed by atoms with Crippen LogP contribution < -0.4 is 4.74 Å². The maximum absolute atomic E-state index is 5.84. The van der Waals surface area contributed by atoms with E-state index in [1.807, 2.05) is 12.1 Å². The molecule has 1 heterocycles. The molecule has 0 unspecified atom stereocenters. The van der Waals surface area contributed by atoms with Crippen molar-refractivity contribution in [1.29, 1.82) is 0 Å². The van der Waals surface area contributed by atoms with E-state index in [0.29, 0.717) is 0 Å². The summed E-state index contributed by atoms with van der Waals surface area (Å²) in [5.41, 5.74) is 3.16. The van der Waals surface area contributed by atoms with Gasteiger partial charge in [0.2, 0.25) is 0 Å². The van der Waals surface area contributed by atoms with Crippen LogP contribution in [0.2, 0.25) is 0 Å². The highest BCUT2D eigenvalue weighted by atomic mass is 16.5. The Hall–Kier alpha value is -1.90. The molecule has 0 aliphatic heterocycles. The van der Waals surface area contributed by atoms with Gasteiger partial charge in [-0.25, -0.2) is 0 Å². The van der Waals surface area contributed by atoms with Crippen molar-refractivity contribution in [3.05, 3.63) is 42.1 Å². The molecule has 3 heteroatoms. The van der Waals surface area contributed by atoms with Gasteiger partial charge in [-0.3, -0.25) is 0 Å². The number of rotatable bonds is 12. The number of aryl methyl sites for hydroxylation is 1. The zero-order chi connectivity index (χ0) is 21.0. The standard InChI is InChI=1S/C27H40N2O/c1-3-5-6-7-21-30-26-18-14-24(15-19-26)27-20-17-25(28-29-27)16-13-23-11-9-22(8-4-2)10-12-23/h14-15,17-20,22-23H,3-13,16,21H2,1-2H3. The highest BCUT2D eigenvalue weighted by Gasteiger charge is 2.20. The van der Waals surface area contributed by atoms with Crippen LogP contribution in [0.4, 0.5) is 0 Å². The molecule has 1 aromatic heterocycles. The Bertz CT molecular complexity index is 703. The highest BCUT2D eigenvalue weighted by molar-refractivity contribution is 5.59. The zero-order valence-electron chi connectivity index (χ0n) is 19.1. The van der Waals surface area contributed by atoms with Crippen molar-refractivity contribution in [1.82, 2.24) is 10.2 Å². The molecule has 164 valence electrons. The van der Waals surface area contributed by atoms with Crippen molar-refractivity contribution in [3.8, 4) is 17.0 Å². The fraction of sp³-hybridized carbons (Fsp3) is 0.630. The van der Waals surface area contributed by atoms with Gasteiger partial charge >= 0.3 is 0 Å². The molecular formula is C27H40N2O. The van der Waals surface area contributed by atoms with Crippen molar-refractivity contribution in [2.24, 2.45) is 11.8 Å². The van der Waals surface area contributed by atoms with Crippen LogP contribution in [-0.4, -0.2) is 16.8 Å². The SMILES string of the molecule is CCCCCCOc1ccc(-c2ccc(CCC3CCC(CCC)CC3)nn2)cc1. The molecule has 0 atom stereocenters. The van der Waals surface area contributed by atoms with Gasteiger partial charge in [0.15, 0.2) is 0 Å². The van der Waals surface area contributed by atoms with E-state index in [0.717, 1.165) is 54.0 Å². The first-order chi connectivity index (χ1) is 14.8. The third-order valence-corrected chi connectivity index (χ3v) is 6.61. The lowest BCUT2D eigenvalue weighted by atomic mass is 9.78. The van der Waals surface area contributed by atoms with Crippen molar-refractivity contribution in [2.75, 3.05) is 6.61 Å². The van der Waals surface area contributed by atoms with Gasteiger partial charge in [0.05, 0.1) is 18.0 Å². The smallest absolute Gasteiger partial charge is 0.119 e. The topological polar surface area (TPSA) is 35.0 Å². The molecule has 2 aromatic rings. The molecular weight excluding hydrogens is 368 g/mol. The van der Waals surface area contributed by atoms with Crippen LogP contribution >= 0.6 is 0 Å². The molecule has 0 radical (unpaired) electrons. The molecule has 3 rings (SSSR count). The molecule has 0 amide bonds. The van der Waals surface area contributed by atoms with Crippen LogP contribution in [0.3, 0.4) is 0 Å². The average Bonchev–Trinajstić information content (AvgIpc) is 2.79. The molecule has 0 bridgehead atoms. The Labute approximate surface area is 183 Å². The Balaban J connectivity index is 1.42. The fourth-order valence-corrected chi connectivity index (χ4v) is 4.66. The number of nitrogens with zero attached hydrogens (tertiary/aromatic N) is 2.